The first-order chi connectivity index (χ1) is 19.1. The second kappa shape index (κ2) is 10.4. The molecule has 0 aromatic heterocycles. The van der Waals surface area contributed by atoms with Crippen LogP contribution in [-0.4, -0.2) is 66.3 Å². The van der Waals surface area contributed by atoms with Gasteiger partial charge in [-0.15, -0.1) is 0 Å². The summed E-state index contributed by atoms with van der Waals surface area (Å²) in [5.41, 5.74) is 2.29. The van der Waals surface area contributed by atoms with E-state index in [2.05, 4.69) is 10.6 Å². The van der Waals surface area contributed by atoms with Crippen molar-refractivity contribution >= 4 is 45.2 Å². The molecule has 2 heterocycles. The second-order valence-electron chi connectivity index (χ2n) is 9.83. The van der Waals surface area contributed by atoms with Crippen LogP contribution in [0.15, 0.2) is 72.8 Å². The van der Waals surface area contributed by atoms with Gasteiger partial charge in [0.1, 0.15) is 0 Å². The van der Waals surface area contributed by atoms with E-state index >= 15 is 0 Å². The fourth-order valence-corrected chi connectivity index (χ4v) is 5.56. The highest BCUT2D eigenvalue weighted by atomic mass is 16.2. The molecule has 8 nitrogen and oxygen atoms in total. The maximum Gasteiger partial charge on any atom is 0.261 e. The number of rotatable bonds is 10. The second-order valence-corrected chi connectivity index (χ2v) is 9.83. The van der Waals surface area contributed by atoms with Gasteiger partial charge in [0.2, 0.25) is 0 Å². The lowest BCUT2D eigenvalue weighted by Gasteiger charge is -2.27. The summed E-state index contributed by atoms with van der Waals surface area (Å²) in [7, 11) is 0. The Morgan fingerprint density at radius 3 is 1.15 bits per heavy atom. The van der Waals surface area contributed by atoms with Gasteiger partial charge in [-0.3, -0.25) is 29.0 Å². The Morgan fingerprint density at radius 2 is 0.821 bits per heavy atom. The van der Waals surface area contributed by atoms with Crippen LogP contribution in [0.3, 0.4) is 0 Å². The Balaban J connectivity index is 0.937. The van der Waals surface area contributed by atoms with E-state index in [1.807, 2.05) is 48.5 Å². The molecule has 0 saturated carbocycles. The van der Waals surface area contributed by atoms with Gasteiger partial charge in [-0.05, 0) is 61.0 Å². The summed E-state index contributed by atoms with van der Waals surface area (Å²) >= 11 is 0. The molecule has 4 aromatic rings. The molecule has 0 unspecified atom stereocenters. The van der Waals surface area contributed by atoms with Crippen molar-refractivity contribution in [1.29, 1.82) is 0 Å². The van der Waals surface area contributed by atoms with E-state index in [1.54, 1.807) is 24.3 Å². The Labute approximate surface area is 225 Å². The molecule has 8 heteroatoms. The molecule has 2 N–H and O–H groups in total. The highest BCUT2D eigenvalue weighted by Crippen LogP contribution is 2.31. The number of imide groups is 2. The predicted molar refractivity (Wildman–Crippen MR) is 149 cm³/mol. The molecular weight excluding hydrogens is 492 g/mol. The van der Waals surface area contributed by atoms with Crippen LogP contribution < -0.4 is 10.6 Å². The van der Waals surface area contributed by atoms with Crippen LogP contribution >= 0.6 is 0 Å². The van der Waals surface area contributed by atoms with Crippen molar-refractivity contribution in [3.05, 3.63) is 95.1 Å². The third kappa shape index (κ3) is 4.37. The van der Waals surface area contributed by atoms with Gasteiger partial charge >= 0.3 is 0 Å². The van der Waals surface area contributed by atoms with E-state index in [0.29, 0.717) is 67.9 Å². The number of hydrogen-bond acceptors (Lipinski definition) is 6. The van der Waals surface area contributed by atoms with Gasteiger partial charge in [0, 0.05) is 52.8 Å². The van der Waals surface area contributed by atoms with Crippen LogP contribution in [0.5, 0.6) is 0 Å². The number of carbonyl (C=O) groups is 4. The Kier molecular flexibility index (Phi) is 6.64. The summed E-state index contributed by atoms with van der Waals surface area (Å²) in [6.45, 7) is 2.46. The summed E-state index contributed by atoms with van der Waals surface area (Å²) in [4.78, 5) is 54.5. The highest BCUT2D eigenvalue weighted by Gasteiger charge is 2.33. The van der Waals surface area contributed by atoms with Gasteiger partial charge in [-0.2, -0.15) is 0 Å². The number of carbonyl (C=O) groups excluding carboxylic acids is 4. The highest BCUT2D eigenvalue weighted by molar-refractivity contribution is 6.26. The lowest BCUT2D eigenvalue weighted by atomic mass is 9.94. The van der Waals surface area contributed by atoms with Gasteiger partial charge in [0.15, 0.2) is 0 Å². The number of amides is 4. The van der Waals surface area contributed by atoms with Gasteiger partial charge in [0.25, 0.3) is 23.6 Å². The van der Waals surface area contributed by atoms with E-state index in [4.69, 9.17) is 0 Å². The normalized spacial score (nSPS) is 14.7. The molecule has 2 aliphatic heterocycles. The summed E-state index contributed by atoms with van der Waals surface area (Å²) in [6.07, 6.45) is 1.25. The van der Waals surface area contributed by atoms with E-state index in [1.165, 1.54) is 9.80 Å². The lowest BCUT2D eigenvalue weighted by Crippen LogP contribution is -2.42. The molecule has 0 atom stereocenters. The third-order valence-electron chi connectivity index (χ3n) is 7.43. The van der Waals surface area contributed by atoms with Gasteiger partial charge < -0.3 is 10.6 Å². The fraction of sp³-hybridized carbons (Fsp3) is 0.226. The quantitative estimate of drug-likeness (QED) is 0.188. The molecule has 6 rings (SSSR count). The fourth-order valence-electron chi connectivity index (χ4n) is 5.56. The average Bonchev–Trinajstić information content (AvgIpc) is 2.96. The van der Waals surface area contributed by atoms with Crippen molar-refractivity contribution in [3.8, 4) is 0 Å². The number of hydrogen-bond donors (Lipinski definition) is 2. The molecule has 0 saturated heterocycles. The molecule has 196 valence electrons. The van der Waals surface area contributed by atoms with Crippen molar-refractivity contribution in [2.24, 2.45) is 0 Å². The van der Waals surface area contributed by atoms with Crippen LogP contribution in [0.1, 0.15) is 54.3 Å². The third-order valence-corrected chi connectivity index (χ3v) is 7.43. The summed E-state index contributed by atoms with van der Waals surface area (Å²) < 4.78 is 0. The van der Waals surface area contributed by atoms with E-state index in [9.17, 15) is 19.2 Å². The first kappa shape index (κ1) is 24.9. The molecule has 0 aliphatic carbocycles. The van der Waals surface area contributed by atoms with E-state index in [0.717, 1.165) is 21.5 Å². The SMILES string of the molecule is O=C1c2cccc3cccc(c23)C(=O)N1CCCNCNCCCN1C(=O)c2cccc3cccc(c23)C1=O. The molecule has 39 heavy (non-hydrogen) atoms. The average molecular weight is 521 g/mol. The van der Waals surface area contributed by atoms with Crippen LogP contribution in [0.4, 0.5) is 0 Å². The van der Waals surface area contributed by atoms with Crippen molar-refractivity contribution in [3.63, 3.8) is 0 Å². The van der Waals surface area contributed by atoms with Gasteiger partial charge in [-0.1, -0.05) is 48.5 Å². The first-order valence-electron chi connectivity index (χ1n) is 13.2. The summed E-state index contributed by atoms with van der Waals surface area (Å²) in [6, 6.07) is 22.1. The maximum absolute atomic E-state index is 13.0. The number of nitrogens with zero attached hydrogens (tertiary/aromatic N) is 2. The van der Waals surface area contributed by atoms with Crippen molar-refractivity contribution in [2.75, 3.05) is 32.8 Å². The Morgan fingerprint density at radius 1 is 0.487 bits per heavy atom. The van der Waals surface area contributed by atoms with Crippen molar-refractivity contribution in [2.45, 2.75) is 12.8 Å². The molecule has 2 aliphatic rings. The minimum atomic E-state index is -0.247. The first-order valence-corrected chi connectivity index (χ1v) is 13.2. The van der Waals surface area contributed by atoms with Crippen molar-refractivity contribution < 1.29 is 19.2 Å². The lowest BCUT2D eigenvalue weighted by molar-refractivity contribution is 0.0594. The predicted octanol–water partition coefficient (Wildman–Crippen LogP) is 3.80. The molecule has 0 spiro atoms. The van der Waals surface area contributed by atoms with Crippen molar-refractivity contribution in [1.82, 2.24) is 20.4 Å². The van der Waals surface area contributed by atoms with Gasteiger partial charge in [-0.25, -0.2) is 0 Å². The topological polar surface area (TPSA) is 98.8 Å². The smallest absolute Gasteiger partial charge is 0.261 e. The Hall–Kier alpha value is -4.40. The molecule has 0 radical (unpaired) electrons. The monoisotopic (exact) mass is 520 g/mol. The molecular formula is C31H28N4O4. The standard InChI is InChI=1S/C31H28N4O4/c36-28-22-11-1-7-20-8-2-12-23(26(20)22)29(37)34(28)17-5-15-32-19-33-16-6-18-35-30(38)24-13-3-9-21-10-4-14-25(27(21)24)31(35)39/h1-4,7-14,32-33H,5-6,15-19H2. The molecule has 4 aromatic carbocycles. The Bertz CT molecular complexity index is 1420. The zero-order valence-corrected chi connectivity index (χ0v) is 21.4. The van der Waals surface area contributed by atoms with Gasteiger partial charge in [0.05, 0.1) is 0 Å². The summed E-state index contributed by atoms with van der Waals surface area (Å²) in [5, 5.41) is 9.81. The minimum Gasteiger partial charge on any atom is -0.304 e. The van der Waals surface area contributed by atoms with Crippen LogP contribution in [0.2, 0.25) is 0 Å². The number of nitrogens with one attached hydrogen (secondary N) is 2. The molecule has 0 bridgehead atoms. The van der Waals surface area contributed by atoms with Crippen LogP contribution in [-0.2, 0) is 0 Å². The molecule has 4 amide bonds. The molecule has 0 fully saturated rings. The van der Waals surface area contributed by atoms with E-state index < -0.39 is 0 Å². The summed E-state index contributed by atoms with van der Waals surface area (Å²) in [5.74, 6) is -0.989. The zero-order chi connectivity index (χ0) is 26.9. The number of benzene rings is 4. The van der Waals surface area contributed by atoms with Crippen LogP contribution in [0.25, 0.3) is 21.5 Å². The van der Waals surface area contributed by atoms with Crippen LogP contribution in [0, 0.1) is 0 Å². The largest absolute Gasteiger partial charge is 0.304 e. The van der Waals surface area contributed by atoms with E-state index in [-0.39, 0.29) is 23.6 Å². The zero-order valence-electron chi connectivity index (χ0n) is 21.4. The minimum absolute atomic E-state index is 0.247. The maximum atomic E-state index is 13.0.